The molecule has 0 aliphatic heterocycles. The van der Waals surface area contributed by atoms with Gasteiger partial charge in [0.15, 0.2) is 0 Å². The molecule has 0 fully saturated rings. The van der Waals surface area contributed by atoms with Crippen LogP contribution in [0, 0.1) is 11.8 Å². The highest BCUT2D eigenvalue weighted by atomic mass is 16.4. The number of aliphatic carboxylic acids is 1. The Hall–Kier alpha value is -0.530. The first-order valence-corrected chi connectivity index (χ1v) is 5.87. The molecule has 0 saturated carbocycles. The molecule has 2 nitrogen and oxygen atoms in total. The molecule has 0 aliphatic carbocycles. The Morgan fingerprint density at radius 2 is 1.57 bits per heavy atom. The minimum atomic E-state index is -0.658. The van der Waals surface area contributed by atoms with Gasteiger partial charge >= 0.3 is 5.97 Å². The molecule has 0 spiro atoms. The van der Waals surface area contributed by atoms with Crippen LogP contribution in [0.5, 0.6) is 0 Å². The number of rotatable bonds is 8. The zero-order valence-corrected chi connectivity index (χ0v) is 9.75. The van der Waals surface area contributed by atoms with Gasteiger partial charge in [-0.05, 0) is 18.3 Å². The third-order valence-electron chi connectivity index (χ3n) is 3.10. The third kappa shape index (κ3) is 5.25. The van der Waals surface area contributed by atoms with E-state index in [1.54, 1.807) is 0 Å². The maximum Gasteiger partial charge on any atom is 0.303 e. The summed E-state index contributed by atoms with van der Waals surface area (Å²) in [4.78, 5) is 10.5. The lowest BCUT2D eigenvalue weighted by atomic mass is 9.82. The van der Waals surface area contributed by atoms with E-state index >= 15 is 0 Å². The van der Waals surface area contributed by atoms with Crippen molar-refractivity contribution in [1.29, 1.82) is 0 Å². The highest BCUT2D eigenvalue weighted by Crippen LogP contribution is 2.27. The molecular weight excluding hydrogens is 176 g/mol. The smallest absolute Gasteiger partial charge is 0.303 e. The zero-order chi connectivity index (χ0) is 11.0. The van der Waals surface area contributed by atoms with Gasteiger partial charge in [-0.2, -0.15) is 0 Å². The van der Waals surface area contributed by atoms with Crippen molar-refractivity contribution in [2.45, 2.75) is 59.3 Å². The average molecular weight is 200 g/mol. The number of carbonyl (C=O) groups is 1. The van der Waals surface area contributed by atoms with Crippen molar-refractivity contribution in [2.24, 2.45) is 11.8 Å². The number of hydrogen-bond acceptors (Lipinski definition) is 1. The molecule has 1 N–H and O–H groups in total. The predicted molar refractivity (Wildman–Crippen MR) is 59.3 cm³/mol. The summed E-state index contributed by atoms with van der Waals surface area (Å²) in [6.45, 7) is 6.58. The standard InChI is InChI=1S/C12H24O2/c1-4-7-10(5-2)11(6-3)8-9-12(13)14/h10-11H,4-9H2,1-3H3,(H,13,14). The number of hydrogen-bond donors (Lipinski definition) is 1. The first-order chi connectivity index (χ1) is 6.65. The molecule has 0 amide bonds. The molecule has 0 saturated heterocycles. The van der Waals surface area contributed by atoms with Gasteiger partial charge in [0.25, 0.3) is 0 Å². The summed E-state index contributed by atoms with van der Waals surface area (Å²) < 4.78 is 0. The van der Waals surface area contributed by atoms with Gasteiger partial charge in [0.1, 0.15) is 0 Å². The van der Waals surface area contributed by atoms with Crippen LogP contribution in [0.15, 0.2) is 0 Å². The molecule has 0 aliphatic rings. The van der Waals surface area contributed by atoms with Crippen LogP contribution < -0.4 is 0 Å². The Balaban J connectivity index is 4.00. The van der Waals surface area contributed by atoms with Crippen LogP contribution >= 0.6 is 0 Å². The first-order valence-electron chi connectivity index (χ1n) is 5.87. The van der Waals surface area contributed by atoms with Crippen LogP contribution in [-0.2, 0) is 4.79 Å². The molecule has 84 valence electrons. The van der Waals surface area contributed by atoms with Gasteiger partial charge in [-0.15, -0.1) is 0 Å². The second-order valence-corrected chi connectivity index (χ2v) is 4.06. The van der Waals surface area contributed by atoms with Gasteiger partial charge in [0.05, 0.1) is 0 Å². The molecule has 2 atom stereocenters. The van der Waals surface area contributed by atoms with E-state index in [-0.39, 0.29) is 0 Å². The van der Waals surface area contributed by atoms with Crippen LogP contribution in [0.2, 0.25) is 0 Å². The van der Waals surface area contributed by atoms with Gasteiger partial charge in [-0.25, -0.2) is 0 Å². The molecule has 0 rings (SSSR count). The number of carboxylic acids is 1. The van der Waals surface area contributed by atoms with Gasteiger partial charge in [0.2, 0.25) is 0 Å². The van der Waals surface area contributed by atoms with Crippen LogP contribution in [-0.4, -0.2) is 11.1 Å². The zero-order valence-electron chi connectivity index (χ0n) is 9.75. The fourth-order valence-electron chi connectivity index (χ4n) is 2.23. The van der Waals surface area contributed by atoms with E-state index in [0.717, 1.165) is 18.8 Å². The van der Waals surface area contributed by atoms with Crippen molar-refractivity contribution in [1.82, 2.24) is 0 Å². The molecule has 0 aromatic rings. The fraction of sp³-hybridized carbons (Fsp3) is 0.917. The Bertz CT molecular complexity index is 154. The first kappa shape index (κ1) is 13.5. The summed E-state index contributed by atoms with van der Waals surface area (Å²) >= 11 is 0. The van der Waals surface area contributed by atoms with E-state index in [1.807, 2.05) is 0 Å². The lowest BCUT2D eigenvalue weighted by molar-refractivity contribution is -0.137. The van der Waals surface area contributed by atoms with Crippen molar-refractivity contribution in [2.75, 3.05) is 0 Å². The van der Waals surface area contributed by atoms with E-state index in [0.29, 0.717) is 12.3 Å². The summed E-state index contributed by atoms with van der Waals surface area (Å²) in [5.41, 5.74) is 0. The molecule has 0 aromatic carbocycles. The van der Waals surface area contributed by atoms with Crippen LogP contribution in [0.4, 0.5) is 0 Å². The van der Waals surface area contributed by atoms with Crippen molar-refractivity contribution >= 4 is 5.97 Å². The summed E-state index contributed by atoms with van der Waals surface area (Å²) in [5, 5.41) is 8.64. The fourth-order valence-corrected chi connectivity index (χ4v) is 2.23. The van der Waals surface area contributed by atoms with Crippen LogP contribution in [0.1, 0.15) is 59.3 Å². The second kappa shape index (κ2) is 7.84. The molecule has 0 aromatic heterocycles. The van der Waals surface area contributed by atoms with Gasteiger partial charge in [-0.1, -0.05) is 46.5 Å². The Morgan fingerprint density at radius 3 is 1.93 bits per heavy atom. The lowest BCUT2D eigenvalue weighted by Crippen LogP contribution is -2.15. The average Bonchev–Trinajstić information content (AvgIpc) is 2.16. The molecule has 0 heterocycles. The SMILES string of the molecule is CCCC(CC)C(CC)CCC(=O)O. The summed E-state index contributed by atoms with van der Waals surface area (Å²) in [6, 6.07) is 0. The highest BCUT2D eigenvalue weighted by molar-refractivity contribution is 5.66. The molecule has 14 heavy (non-hydrogen) atoms. The quantitative estimate of drug-likeness (QED) is 0.648. The molecule has 2 unspecified atom stereocenters. The Kier molecular flexibility index (Phi) is 7.54. The summed E-state index contributed by atoms with van der Waals surface area (Å²) in [6.07, 6.45) is 5.94. The van der Waals surface area contributed by atoms with Crippen molar-refractivity contribution in [3.8, 4) is 0 Å². The topological polar surface area (TPSA) is 37.3 Å². The minimum absolute atomic E-state index is 0.332. The van der Waals surface area contributed by atoms with Crippen molar-refractivity contribution < 1.29 is 9.90 Å². The highest BCUT2D eigenvalue weighted by Gasteiger charge is 2.18. The summed E-state index contributed by atoms with van der Waals surface area (Å²) in [5.74, 6) is 0.676. The van der Waals surface area contributed by atoms with Gasteiger partial charge < -0.3 is 5.11 Å². The van der Waals surface area contributed by atoms with Crippen LogP contribution in [0.25, 0.3) is 0 Å². The summed E-state index contributed by atoms with van der Waals surface area (Å²) in [7, 11) is 0. The monoisotopic (exact) mass is 200 g/mol. The third-order valence-corrected chi connectivity index (χ3v) is 3.10. The number of carboxylic acid groups (broad SMARTS) is 1. The lowest BCUT2D eigenvalue weighted by Gasteiger charge is -2.24. The minimum Gasteiger partial charge on any atom is -0.481 e. The molecular formula is C12H24O2. The van der Waals surface area contributed by atoms with Gasteiger partial charge in [-0.3, -0.25) is 4.79 Å². The van der Waals surface area contributed by atoms with Crippen molar-refractivity contribution in [3.05, 3.63) is 0 Å². The van der Waals surface area contributed by atoms with Crippen molar-refractivity contribution in [3.63, 3.8) is 0 Å². The Labute approximate surface area is 87.7 Å². The van der Waals surface area contributed by atoms with E-state index < -0.39 is 5.97 Å². The van der Waals surface area contributed by atoms with E-state index in [1.165, 1.54) is 19.3 Å². The second-order valence-electron chi connectivity index (χ2n) is 4.06. The normalized spacial score (nSPS) is 15.1. The van der Waals surface area contributed by atoms with E-state index in [4.69, 9.17) is 5.11 Å². The van der Waals surface area contributed by atoms with E-state index in [2.05, 4.69) is 20.8 Å². The predicted octanol–water partition coefficient (Wildman–Crippen LogP) is 3.70. The molecule has 0 bridgehead atoms. The maximum atomic E-state index is 10.5. The van der Waals surface area contributed by atoms with Crippen LogP contribution in [0.3, 0.4) is 0 Å². The molecule has 0 radical (unpaired) electrons. The van der Waals surface area contributed by atoms with Gasteiger partial charge in [0, 0.05) is 6.42 Å². The maximum absolute atomic E-state index is 10.5. The Morgan fingerprint density at radius 1 is 1.07 bits per heavy atom. The van der Waals surface area contributed by atoms with E-state index in [9.17, 15) is 4.79 Å². The largest absolute Gasteiger partial charge is 0.481 e. The molecule has 2 heteroatoms.